The highest BCUT2D eigenvalue weighted by atomic mass is 15.1. The number of aromatic nitrogens is 4. The second-order valence-electron chi connectivity index (χ2n) is 2.90. The van der Waals surface area contributed by atoms with Crippen molar-refractivity contribution in [3.05, 3.63) is 36.4 Å². The van der Waals surface area contributed by atoms with Crippen molar-refractivity contribution in [1.82, 2.24) is 20.2 Å². The van der Waals surface area contributed by atoms with Gasteiger partial charge < -0.3 is 11.1 Å². The fraction of sp³-hybridized carbons (Fsp3) is 0.111. The Morgan fingerprint density at radius 3 is 2.87 bits per heavy atom. The molecule has 2 aromatic heterocycles. The van der Waals surface area contributed by atoms with E-state index in [1.54, 1.807) is 12.4 Å². The van der Waals surface area contributed by atoms with Crippen LogP contribution >= 0.6 is 0 Å². The number of hydrogen-bond acceptors (Lipinski definition) is 6. The molecule has 0 bridgehead atoms. The lowest BCUT2D eigenvalue weighted by Crippen LogP contribution is -2.04. The summed E-state index contributed by atoms with van der Waals surface area (Å²) in [6.45, 7) is 0.562. The van der Waals surface area contributed by atoms with Gasteiger partial charge in [0.15, 0.2) is 0 Å². The van der Waals surface area contributed by atoms with Gasteiger partial charge in [-0.05, 0) is 12.1 Å². The van der Waals surface area contributed by atoms with Crippen molar-refractivity contribution in [1.29, 1.82) is 0 Å². The van der Waals surface area contributed by atoms with Crippen LogP contribution < -0.4 is 11.1 Å². The first-order chi connectivity index (χ1) is 7.34. The number of rotatable bonds is 3. The SMILES string of the molecule is Nc1cnc(NCc2cccnn2)cn1. The molecule has 0 fully saturated rings. The van der Waals surface area contributed by atoms with E-state index in [1.165, 1.54) is 6.20 Å². The quantitative estimate of drug-likeness (QED) is 0.751. The molecule has 2 aromatic rings. The molecule has 2 heterocycles. The Labute approximate surface area is 86.6 Å². The summed E-state index contributed by atoms with van der Waals surface area (Å²) < 4.78 is 0. The average Bonchev–Trinajstić information content (AvgIpc) is 2.30. The standard InChI is InChI=1S/C9H10N6/c10-8-5-13-9(6-11-8)12-4-7-2-1-3-14-15-7/h1-3,5-6H,4H2,(H2,10,11)(H,12,13). The molecule has 15 heavy (non-hydrogen) atoms. The van der Waals surface area contributed by atoms with Crippen molar-refractivity contribution in [2.45, 2.75) is 6.54 Å². The molecule has 0 atom stereocenters. The van der Waals surface area contributed by atoms with Gasteiger partial charge in [0.25, 0.3) is 0 Å². The van der Waals surface area contributed by atoms with Gasteiger partial charge in [-0.3, -0.25) is 0 Å². The predicted molar refractivity (Wildman–Crippen MR) is 55.8 cm³/mol. The average molecular weight is 202 g/mol. The normalized spacial score (nSPS) is 9.87. The van der Waals surface area contributed by atoms with Crippen LogP contribution in [-0.2, 0) is 6.54 Å². The lowest BCUT2D eigenvalue weighted by Gasteiger charge is -2.03. The van der Waals surface area contributed by atoms with Crippen molar-refractivity contribution in [3.8, 4) is 0 Å². The molecule has 2 rings (SSSR count). The van der Waals surface area contributed by atoms with E-state index in [2.05, 4.69) is 25.5 Å². The smallest absolute Gasteiger partial charge is 0.144 e. The Morgan fingerprint density at radius 2 is 2.20 bits per heavy atom. The zero-order valence-electron chi connectivity index (χ0n) is 7.96. The fourth-order valence-corrected chi connectivity index (χ4v) is 1.04. The van der Waals surface area contributed by atoms with Crippen LogP contribution in [0.25, 0.3) is 0 Å². The highest BCUT2D eigenvalue weighted by Gasteiger charge is 1.96. The first-order valence-electron chi connectivity index (χ1n) is 4.42. The number of hydrogen-bond donors (Lipinski definition) is 2. The van der Waals surface area contributed by atoms with Crippen LogP contribution in [0.4, 0.5) is 11.6 Å². The van der Waals surface area contributed by atoms with Crippen LogP contribution in [0, 0.1) is 0 Å². The highest BCUT2D eigenvalue weighted by Crippen LogP contribution is 2.03. The number of nitrogens with one attached hydrogen (secondary N) is 1. The van der Waals surface area contributed by atoms with E-state index in [4.69, 9.17) is 5.73 Å². The van der Waals surface area contributed by atoms with Gasteiger partial charge in [-0.25, -0.2) is 9.97 Å². The predicted octanol–water partition coefficient (Wildman–Crippen LogP) is 0.461. The molecule has 0 aromatic carbocycles. The molecular weight excluding hydrogens is 192 g/mol. The molecular formula is C9H10N6. The molecule has 0 radical (unpaired) electrons. The summed E-state index contributed by atoms with van der Waals surface area (Å²) in [7, 11) is 0. The largest absolute Gasteiger partial charge is 0.382 e. The summed E-state index contributed by atoms with van der Waals surface area (Å²) in [5.74, 6) is 1.06. The van der Waals surface area contributed by atoms with E-state index < -0.39 is 0 Å². The molecule has 0 aliphatic carbocycles. The van der Waals surface area contributed by atoms with Crippen LogP contribution in [0.1, 0.15) is 5.69 Å². The van der Waals surface area contributed by atoms with Crippen molar-refractivity contribution in [2.24, 2.45) is 0 Å². The first kappa shape index (κ1) is 9.32. The Hall–Kier alpha value is -2.24. The van der Waals surface area contributed by atoms with Crippen molar-refractivity contribution >= 4 is 11.6 Å². The topological polar surface area (TPSA) is 89.6 Å². The van der Waals surface area contributed by atoms with Crippen molar-refractivity contribution < 1.29 is 0 Å². The summed E-state index contributed by atoms with van der Waals surface area (Å²) >= 11 is 0. The van der Waals surface area contributed by atoms with Gasteiger partial charge in [0.05, 0.1) is 24.6 Å². The Kier molecular flexibility index (Phi) is 2.68. The van der Waals surface area contributed by atoms with Gasteiger partial charge >= 0.3 is 0 Å². The van der Waals surface area contributed by atoms with Gasteiger partial charge in [-0.1, -0.05) is 0 Å². The van der Waals surface area contributed by atoms with Crippen LogP contribution in [0.2, 0.25) is 0 Å². The minimum Gasteiger partial charge on any atom is -0.382 e. The van der Waals surface area contributed by atoms with Gasteiger partial charge in [-0.2, -0.15) is 10.2 Å². The number of anilines is 2. The summed E-state index contributed by atoms with van der Waals surface area (Å²) in [5, 5.41) is 10.7. The summed E-state index contributed by atoms with van der Waals surface area (Å²) in [4.78, 5) is 7.95. The van der Waals surface area contributed by atoms with Crippen molar-refractivity contribution in [2.75, 3.05) is 11.1 Å². The Bertz CT molecular complexity index is 412. The molecule has 0 unspecified atom stereocenters. The molecule has 0 spiro atoms. The fourth-order valence-electron chi connectivity index (χ4n) is 1.04. The maximum Gasteiger partial charge on any atom is 0.144 e. The summed E-state index contributed by atoms with van der Waals surface area (Å²) in [6.07, 6.45) is 4.71. The molecule has 76 valence electrons. The third-order valence-corrected chi connectivity index (χ3v) is 1.75. The lowest BCUT2D eigenvalue weighted by atomic mass is 10.4. The van der Waals surface area contributed by atoms with Crippen LogP contribution in [-0.4, -0.2) is 20.2 Å². The monoisotopic (exact) mass is 202 g/mol. The lowest BCUT2D eigenvalue weighted by molar-refractivity contribution is 0.919. The maximum absolute atomic E-state index is 5.41. The molecule has 6 nitrogen and oxygen atoms in total. The third-order valence-electron chi connectivity index (χ3n) is 1.75. The molecule has 3 N–H and O–H groups in total. The zero-order valence-corrected chi connectivity index (χ0v) is 7.96. The van der Waals surface area contributed by atoms with E-state index in [0.29, 0.717) is 18.2 Å². The van der Waals surface area contributed by atoms with Crippen LogP contribution in [0.3, 0.4) is 0 Å². The van der Waals surface area contributed by atoms with Gasteiger partial charge in [0.1, 0.15) is 11.6 Å². The van der Waals surface area contributed by atoms with Crippen molar-refractivity contribution in [3.63, 3.8) is 0 Å². The Morgan fingerprint density at radius 1 is 1.27 bits per heavy atom. The minimum atomic E-state index is 0.403. The van der Waals surface area contributed by atoms with Crippen LogP contribution in [0.15, 0.2) is 30.7 Å². The van der Waals surface area contributed by atoms with E-state index >= 15 is 0 Å². The van der Waals surface area contributed by atoms with E-state index in [0.717, 1.165) is 5.69 Å². The van der Waals surface area contributed by atoms with Crippen LogP contribution in [0.5, 0.6) is 0 Å². The molecule has 0 saturated heterocycles. The highest BCUT2D eigenvalue weighted by molar-refractivity contribution is 5.36. The summed E-state index contributed by atoms with van der Waals surface area (Å²) in [5.41, 5.74) is 6.25. The third kappa shape index (κ3) is 2.60. The number of nitrogens with zero attached hydrogens (tertiary/aromatic N) is 4. The number of nitrogen functional groups attached to an aromatic ring is 1. The second kappa shape index (κ2) is 4.32. The molecule has 0 saturated carbocycles. The Balaban J connectivity index is 1.96. The maximum atomic E-state index is 5.41. The van der Waals surface area contributed by atoms with Gasteiger partial charge in [0, 0.05) is 6.20 Å². The molecule has 0 aliphatic rings. The van der Waals surface area contributed by atoms with E-state index in [9.17, 15) is 0 Å². The molecule has 0 amide bonds. The zero-order chi connectivity index (χ0) is 10.5. The minimum absolute atomic E-state index is 0.403. The molecule has 6 heteroatoms. The number of nitrogens with two attached hydrogens (primary N) is 1. The second-order valence-corrected chi connectivity index (χ2v) is 2.90. The van der Waals surface area contributed by atoms with E-state index in [-0.39, 0.29) is 0 Å². The van der Waals surface area contributed by atoms with E-state index in [1.807, 2.05) is 12.1 Å². The molecule has 0 aliphatic heterocycles. The van der Waals surface area contributed by atoms with Gasteiger partial charge in [-0.15, -0.1) is 0 Å². The van der Waals surface area contributed by atoms with Gasteiger partial charge in [0.2, 0.25) is 0 Å². The summed E-state index contributed by atoms with van der Waals surface area (Å²) in [6, 6.07) is 3.71. The first-order valence-corrected chi connectivity index (χ1v) is 4.42.